The van der Waals surface area contributed by atoms with Gasteiger partial charge in [0.15, 0.2) is 9.84 Å². The number of nitrogens with one attached hydrogen (secondary N) is 1. The third kappa shape index (κ3) is 3.05. The molecule has 0 aliphatic rings. The molecule has 0 amide bonds. The standard InChI is InChI=1S/C11H11FN2O2S2/c1-18(15,16)8-2-3-9(12)10(6-8)14-7-11-13-4-5-17-11/h2-6,14H,7H2,1H3. The van der Waals surface area contributed by atoms with Gasteiger partial charge in [-0.2, -0.15) is 0 Å². The van der Waals surface area contributed by atoms with Gasteiger partial charge in [-0.3, -0.25) is 0 Å². The van der Waals surface area contributed by atoms with E-state index in [0.717, 1.165) is 17.3 Å². The monoisotopic (exact) mass is 286 g/mol. The molecule has 0 aliphatic heterocycles. The van der Waals surface area contributed by atoms with Crippen molar-refractivity contribution in [2.24, 2.45) is 0 Å². The fourth-order valence-corrected chi connectivity index (χ4v) is 2.58. The van der Waals surface area contributed by atoms with E-state index in [4.69, 9.17) is 0 Å². The molecule has 1 heterocycles. The van der Waals surface area contributed by atoms with Crippen LogP contribution in [0, 0.1) is 5.82 Å². The van der Waals surface area contributed by atoms with E-state index >= 15 is 0 Å². The maximum atomic E-state index is 13.5. The highest BCUT2D eigenvalue weighted by Gasteiger charge is 2.11. The molecule has 2 rings (SSSR count). The molecule has 0 aliphatic carbocycles. The molecule has 0 spiro atoms. The van der Waals surface area contributed by atoms with Crippen LogP contribution in [0.3, 0.4) is 0 Å². The molecule has 0 atom stereocenters. The summed E-state index contributed by atoms with van der Waals surface area (Å²) < 4.78 is 36.2. The van der Waals surface area contributed by atoms with E-state index in [0.29, 0.717) is 6.54 Å². The minimum Gasteiger partial charge on any atom is -0.376 e. The molecule has 0 unspecified atom stereocenters. The van der Waals surface area contributed by atoms with Gasteiger partial charge in [0.1, 0.15) is 10.8 Å². The van der Waals surface area contributed by atoms with Crippen molar-refractivity contribution in [1.82, 2.24) is 4.98 Å². The first-order valence-electron chi connectivity index (χ1n) is 5.08. The summed E-state index contributed by atoms with van der Waals surface area (Å²) in [6.45, 7) is 0.363. The summed E-state index contributed by atoms with van der Waals surface area (Å²) in [4.78, 5) is 4.14. The Bertz CT molecular complexity index is 639. The second kappa shape index (κ2) is 5.03. The van der Waals surface area contributed by atoms with Gasteiger partial charge in [-0.1, -0.05) is 0 Å². The predicted octanol–water partition coefficient (Wildman–Crippen LogP) is 2.30. The van der Waals surface area contributed by atoms with E-state index < -0.39 is 15.7 Å². The molecular weight excluding hydrogens is 275 g/mol. The molecule has 1 N–H and O–H groups in total. The summed E-state index contributed by atoms with van der Waals surface area (Å²) in [5, 5.41) is 5.46. The fourth-order valence-electron chi connectivity index (χ4n) is 1.38. The summed E-state index contributed by atoms with van der Waals surface area (Å²) in [6, 6.07) is 3.68. The minimum absolute atomic E-state index is 0.0885. The quantitative estimate of drug-likeness (QED) is 0.876. The van der Waals surface area contributed by atoms with E-state index in [1.807, 2.05) is 5.38 Å². The van der Waals surface area contributed by atoms with Gasteiger partial charge >= 0.3 is 0 Å². The minimum atomic E-state index is -3.33. The summed E-state index contributed by atoms with van der Waals surface area (Å²) in [5.41, 5.74) is 0.160. The van der Waals surface area contributed by atoms with Crippen molar-refractivity contribution in [3.63, 3.8) is 0 Å². The first-order valence-corrected chi connectivity index (χ1v) is 7.86. The second-order valence-electron chi connectivity index (χ2n) is 3.69. The van der Waals surface area contributed by atoms with Crippen molar-refractivity contribution in [3.05, 3.63) is 40.6 Å². The molecule has 0 radical (unpaired) electrons. The molecule has 0 saturated carbocycles. The first-order chi connectivity index (χ1) is 8.47. The molecule has 18 heavy (non-hydrogen) atoms. The number of nitrogens with zero attached hydrogens (tertiary/aromatic N) is 1. The second-order valence-corrected chi connectivity index (χ2v) is 6.69. The predicted molar refractivity (Wildman–Crippen MR) is 69.0 cm³/mol. The molecule has 0 saturated heterocycles. The average Bonchev–Trinajstić information content (AvgIpc) is 2.79. The van der Waals surface area contributed by atoms with Crippen LogP contribution in [0.15, 0.2) is 34.7 Å². The van der Waals surface area contributed by atoms with Gasteiger partial charge in [-0.05, 0) is 18.2 Å². The Hall–Kier alpha value is -1.47. The number of hydrogen-bond acceptors (Lipinski definition) is 5. The summed E-state index contributed by atoms with van der Waals surface area (Å²) in [6.07, 6.45) is 2.75. The smallest absolute Gasteiger partial charge is 0.175 e. The van der Waals surface area contributed by atoms with Gasteiger partial charge in [0, 0.05) is 17.8 Å². The number of hydrogen-bond donors (Lipinski definition) is 1. The molecule has 0 fully saturated rings. The van der Waals surface area contributed by atoms with Crippen molar-refractivity contribution < 1.29 is 12.8 Å². The normalized spacial score (nSPS) is 11.4. The van der Waals surface area contributed by atoms with Crippen molar-refractivity contribution in [2.45, 2.75) is 11.4 Å². The third-order valence-corrected chi connectivity index (χ3v) is 4.17. The van der Waals surface area contributed by atoms with Crippen molar-refractivity contribution >= 4 is 26.9 Å². The topological polar surface area (TPSA) is 59.1 Å². The lowest BCUT2D eigenvalue weighted by Gasteiger charge is -2.07. The average molecular weight is 286 g/mol. The number of aromatic nitrogens is 1. The molecule has 1 aromatic heterocycles. The number of anilines is 1. The van der Waals surface area contributed by atoms with Crippen LogP contribution in [0.2, 0.25) is 0 Å². The Labute approximate surface area is 108 Å². The van der Waals surface area contributed by atoms with E-state index in [2.05, 4.69) is 10.3 Å². The van der Waals surface area contributed by atoms with Gasteiger partial charge in [0.2, 0.25) is 0 Å². The maximum Gasteiger partial charge on any atom is 0.175 e. The van der Waals surface area contributed by atoms with Crippen LogP contribution in [0.1, 0.15) is 5.01 Å². The van der Waals surface area contributed by atoms with Crippen molar-refractivity contribution in [3.8, 4) is 0 Å². The van der Waals surface area contributed by atoms with E-state index in [1.165, 1.54) is 23.5 Å². The zero-order chi connectivity index (χ0) is 13.2. The number of thiazole rings is 1. The van der Waals surface area contributed by atoms with Gasteiger partial charge in [-0.15, -0.1) is 11.3 Å². The van der Waals surface area contributed by atoms with Gasteiger partial charge < -0.3 is 5.32 Å². The largest absolute Gasteiger partial charge is 0.376 e. The Kier molecular flexibility index (Phi) is 3.63. The lowest BCUT2D eigenvalue weighted by Crippen LogP contribution is -2.04. The number of sulfone groups is 1. The SMILES string of the molecule is CS(=O)(=O)c1ccc(F)c(NCc2nccs2)c1. The summed E-state index contributed by atoms with van der Waals surface area (Å²) >= 11 is 1.44. The highest BCUT2D eigenvalue weighted by Crippen LogP contribution is 2.20. The van der Waals surface area contributed by atoms with E-state index in [-0.39, 0.29) is 10.6 Å². The van der Waals surface area contributed by atoms with Crippen LogP contribution in [-0.4, -0.2) is 19.7 Å². The molecule has 1 aromatic carbocycles. The Morgan fingerprint density at radius 3 is 2.83 bits per heavy atom. The van der Waals surface area contributed by atoms with Crippen LogP contribution in [0.5, 0.6) is 0 Å². The number of rotatable bonds is 4. The lowest BCUT2D eigenvalue weighted by molar-refractivity contribution is 0.600. The van der Waals surface area contributed by atoms with Crippen LogP contribution < -0.4 is 5.32 Å². The molecule has 0 bridgehead atoms. The van der Waals surface area contributed by atoms with Crippen LogP contribution in [-0.2, 0) is 16.4 Å². The summed E-state index contributed by atoms with van der Waals surface area (Å²) in [7, 11) is -3.33. The zero-order valence-electron chi connectivity index (χ0n) is 9.55. The molecule has 96 valence electrons. The first kappa shape index (κ1) is 13.0. The number of benzene rings is 1. The Balaban J connectivity index is 2.22. The van der Waals surface area contributed by atoms with Crippen LogP contribution in [0.25, 0.3) is 0 Å². The van der Waals surface area contributed by atoms with E-state index in [1.54, 1.807) is 6.20 Å². The molecule has 7 heteroatoms. The number of halogens is 1. The van der Waals surface area contributed by atoms with Crippen molar-refractivity contribution in [2.75, 3.05) is 11.6 Å². The van der Waals surface area contributed by atoms with Gasteiger partial charge in [0.05, 0.1) is 17.1 Å². The summed E-state index contributed by atoms with van der Waals surface area (Å²) in [5.74, 6) is -0.487. The maximum absolute atomic E-state index is 13.5. The van der Waals surface area contributed by atoms with Gasteiger partial charge in [0.25, 0.3) is 0 Å². The zero-order valence-corrected chi connectivity index (χ0v) is 11.2. The Morgan fingerprint density at radius 2 is 2.22 bits per heavy atom. The van der Waals surface area contributed by atoms with Gasteiger partial charge in [-0.25, -0.2) is 17.8 Å². The molecular formula is C11H11FN2O2S2. The Morgan fingerprint density at radius 1 is 1.44 bits per heavy atom. The molecule has 4 nitrogen and oxygen atoms in total. The van der Waals surface area contributed by atoms with Crippen LogP contribution >= 0.6 is 11.3 Å². The van der Waals surface area contributed by atoms with E-state index in [9.17, 15) is 12.8 Å². The van der Waals surface area contributed by atoms with Crippen LogP contribution in [0.4, 0.5) is 10.1 Å². The van der Waals surface area contributed by atoms with Crippen molar-refractivity contribution in [1.29, 1.82) is 0 Å². The fraction of sp³-hybridized carbons (Fsp3) is 0.182. The third-order valence-electron chi connectivity index (χ3n) is 2.28. The highest BCUT2D eigenvalue weighted by atomic mass is 32.2. The molecule has 2 aromatic rings. The highest BCUT2D eigenvalue weighted by molar-refractivity contribution is 7.90. The lowest BCUT2D eigenvalue weighted by atomic mass is 10.3.